The largest absolute Gasteiger partial charge is 0.492 e. The molecule has 0 aliphatic heterocycles. The molecule has 35 heavy (non-hydrogen) atoms. The molecule has 0 aromatic heterocycles. The van der Waals surface area contributed by atoms with Crippen LogP contribution in [0.2, 0.25) is 0 Å². The SMILES string of the molecule is CCOc1ccccc1NC(=O)C(=O)N/N=C\c1ccccc1OCC(=O)Nc1ccc(C)cc1. The van der Waals surface area contributed by atoms with Gasteiger partial charge in [0.2, 0.25) is 0 Å². The maximum absolute atomic E-state index is 12.2. The Kier molecular flexibility index (Phi) is 8.95. The van der Waals surface area contributed by atoms with E-state index in [1.807, 2.05) is 38.1 Å². The summed E-state index contributed by atoms with van der Waals surface area (Å²) >= 11 is 0. The van der Waals surface area contributed by atoms with Gasteiger partial charge >= 0.3 is 11.8 Å². The number of carbonyl (C=O) groups is 3. The van der Waals surface area contributed by atoms with Gasteiger partial charge in [-0.05, 0) is 50.2 Å². The summed E-state index contributed by atoms with van der Waals surface area (Å²) in [7, 11) is 0. The van der Waals surface area contributed by atoms with Gasteiger partial charge in [0, 0.05) is 11.3 Å². The van der Waals surface area contributed by atoms with E-state index in [9.17, 15) is 14.4 Å². The maximum Gasteiger partial charge on any atom is 0.329 e. The summed E-state index contributed by atoms with van der Waals surface area (Å²) < 4.78 is 11.0. The van der Waals surface area contributed by atoms with Gasteiger partial charge in [0.15, 0.2) is 6.61 Å². The third-order valence-electron chi connectivity index (χ3n) is 4.62. The number of para-hydroxylation sites is 3. The Labute approximate surface area is 203 Å². The lowest BCUT2D eigenvalue weighted by Gasteiger charge is -2.10. The van der Waals surface area contributed by atoms with E-state index < -0.39 is 11.8 Å². The van der Waals surface area contributed by atoms with Crippen molar-refractivity contribution in [3.63, 3.8) is 0 Å². The number of nitrogens with one attached hydrogen (secondary N) is 3. The topological polar surface area (TPSA) is 118 Å². The highest BCUT2D eigenvalue weighted by Gasteiger charge is 2.15. The molecule has 3 aromatic carbocycles. The number of amides is 3. The number of rotatable bonds is 9. The number of aryl methyl sites for hydroxylation is 1. The molecular weight excluding hydrogens is 448 g/mol. The van der Waals surface area contributed by atoms with Gasteiger partial charge in [0.05, 0.1) is 18.5 Å². The number of anilines is 2. The van der Waals surface area contributed by atoms with Gasteiger partial charge < -0.3 is 20.1 Å². The fraction of sp³-hybridized carbons (Fsp3) is 0.154. The Bertz CT molecular complexity index is 1210. The summed E-state index contributed by atoms with van der Waals surface area (Å²) in [5, 5.41) is 9.07. The summed E-state index contributed by atoms with van der Waals surface area (Å²) in [6.45, 7) is 3.98. The molecule has 0 saturated carbocycles. The average Bonchev–Trinajstić information content (AvgIpc) is 2.86. The Morgan fingerprint density at radius 2 is 1.51 bits per heavy atom. The van der Waals surface area contributed by atoms with Gasteiger partial charge in [-0.25, -0.2) is 5.43 Å². The third kappa shape index (κ3) is 7.71. The molecule has 3 rings (SSSR count). The normalized spacial score (nSPS) is 10.5. The number of hydrazone groups is 1. The van der Waals surface area contributed by atoms with E-state index in [0.717, 1.165) is 5.56 Å². The van der Waals surface area contributed by atoms with Crippen LogP contribution in [0, 0.1) is 6.92 Å². The Balaban J connectivity index is 1.54. The summed E-state index contributed by atoms with van der Waals surface area (Å²) in [5.74, 6) is -1.33. The predicted octanol–water partition coefficient (Wildman–Crippen LogP) is 3.50. The highest BCUT2D eigenvalue weighted by molar-refractivity contribution is 6.39. The number of hydrogen-bond acceptors (Lipinski definition) is 6. The standard InChI is InChI=1S/C26H26N4O5/c1-3-34-23-11-7-5-9-21(23)29-25(32)26(33)30-27-16-19-8-4-6-10-22(19)35-17-24(31)28-20-14-12-18(2)13-15-20/h4-16H,3,17H2,1-2H3,(H,28,31)(H,29,32)(H,30,33)/b27-16-. The average molecular weight is 475 g/mol. The van der Waals surface area contributed by atoms with Crippen LogP contribution in [0.5, 0.6) is 11.5 Å². The smallest absolute Gasteiger partial charge is 0.329 e. The maximum atomic E-state index is 12.2. The fourth-order valence-electron chi connectivity index (χ4n) is 2.94. The molecule has 3 amide bonds. The fourth-order valence-corrected chi connectivity index (χ4v) is 2.94. The lowest BCUT2D eigenvalue weighted by atomic mass is 10.2. The van der Waals surface area contributed by atoms with Crippen LogP contribution < -0.4 is 25.5 Å². The van der Waals surface area contributed by atoms with Crippen LogP contribution in [0.25, 0.3) is 0 Å². The first-order valence-corrected chi connectivity index (χ1v) is 10.9. The number of nitrogens with zero attached hydrogens (tertiary/aromatic N) is 1. The Hall–Kier alpha value is -4.66. The minimum absolute atomic E-state index is 0.216. The minimum Gasteiger partial charge on any atom is -0.492 e. The molecule has 9 heteroatoms. The zero-order chi connectivity index (χ0) is 25.0. The van der Waals surface area contributed by atoms with Crippen molar-refractivity contribution in [2.75, 3.05) is 23.8 Å². The predicted molar refractivity (Wildman–Crippen MR) is 134 cm³/mol. The van der Waals surface area contributed by atoms with Crippen LogP contribution in [0.1, 0.15) is 18.1 Å². The second kappa shape index (κ2) is 12.5. The van der Waals surface area contributed by atoms with Crippen molar-refractivity contribution in [3.8, 4) is 11.5 Å². The zero-order valence-corrected chi connectivity index (χ0v) is 19.4. The highest BCUT2D eigenvalue weighted by atomic mass is 16.5. The Morgan fingerprint density at radius 1 is 0.829 bits per heavy atom. The molecule has 9 nitrogen and oxygen atoms in total. The van der Waals surface area contributed by atoms with Crippen molar-refractivity contribution in [1.29, 1.82) is 0 Å². The molecule has 3 N–H and O–H groups in total. The summed E-state index contributed by atoms with van der Waals surface area (Å²) in [4.78, 5) is 36.5. The summed E-state index contributed by atoms with van der Waals surface area (Å²) in [6, 6.07) is 21.1. The van der Waals surface area contributed by atoms with Crippen LogP contribution >= 0.6 is 0 Å². The first kappa shape index (κ1) is 25.0. The molecule has 3 aromatic rings. The van der Waals surface area contributed by atoms with Crippen LogP contribution in [0.3, 0.4) is 0 Å². The highest BCUT2D eigenvalue weighted by Crippen LogP contribution is 2.23. The van der Waals surface area contributed by atoms with E-state index in [-0.39, 0.29) is 12.5 Å². The van der Waals surface area contributed by atoms with Crippen molar-refractivity contribution >= 4 is 35.3 Å². The van der Waals surface area contributed by atoms with Crippen LogP contribution in [-0.4, -0.2) is 37.1 Å². The summed E-state index contributed by atoms with van der Waals surface area (Å²) in [5.41, 5.74) is 4.82. The molecule has 0 unspecified atom stereocenters. The third-order valence-corrected chi connectivity index (χ3v) is 4.62. The molecule has 0 radical (unpaired) electrons. The van der Waals surface area contributed by atoms with Gasteiger partial charge in [-0.1, -0.05) is 42.0 Å². The van der Waals surface area contributed by atoms with E-state index in [1.165, 1.54) is 6.21 Å². The van der Waals surface area contributed by atoms with Crippen molar-refractivity contribution in [2.45, 2.75) is 13.8 Å². The molecule has 0 saturated heterocycles. The Morgan fingerprint density at radius 3 is 2.26 bits per heavy atom. The molecule has 180 valence electrons. The van der Waals surface area contributed by atoms with Crippen molar-refractivity contribution in [1.82, 2.24) is 5.43 Å². The van der Waals surface area contributed by atoms with E-state index in [2.05, 4.69) is 21.2 Å². The van der Waals surface area contributed by atoms with Gasteiger partial charge in [0.1, 0.15) is 11.5 Å². The number of carbonyl (C=O) groups excluding carboxylic acids is 3. The van der Waals surface area contributed by atoms with E-state index in [4.69, 9.17) is 9.47 Å². The molecule has 0 bridgehead atoms. The van der Waals surface area contributed by atoms with E-state index >= 15 is 0 Å². The molecule has 0 aliphatic carbocycles. The van der Waals surface area contributed by atoms with Crippen LogP contribution in [-0.2, 0) is 14.4 Å². The zero-order valence-electron chi connectivity index (χ0n) is 19.4. The van der Waals surface area contributed by atoms with Crippen molar-refractivity contribution in [3.05, 3.63) is 83.9 Å². The monoisotopic (exact) mass is 474 g/mol. The first-order chi connectivity index (χ1) is 17.0. The molecule has 0 heterocycles. The minimum atomic E-state index is -0.955. The quantitative estimate of drug-likeness (QED) is 0.249. The number of hydrogen-bond donors (Lipinski definition) is 3. The van der Waals surface area contributed by atoms with Crippen LogP contribution in [0.15, 0.2) is 77.9 Å². The molecule has 0 atom stereocenters. The van der Waals surface area contributed by atoms with Gasteiger partial charge in [-0.15, -0.1) is 0 Å². The molecular formula is C26H26N4O5. The number of ether oxygens (including phenoxy) is 2. The lowest BCUT2D eigenvalue weighted by molar-refractivity contribution is -0.136. The molecule has 0 fully saturated rings. The molecule has 0 spiro atoms. The van der Waals surface area contributed by atoms with E-state index in [0.29, 0.717) is 35.0 Å². The second-order valence-electron chi connectivity index (χ2n) is 7.32. The lowest BCUT2D eigenvalue weighted by Crippen LogP contribution is -2.32. The van der Waals surface area contributed by atoms with Crippen LogP contribution in [0.4, 0.5) is 11.4 Å². The molecule has 0 aliphatic rings. The first-order valence-electron chi connectivity index (χ1n) is 10.9. The van der Waals surface area contributed by atoms with Crippen molar-refractivity contribution < 1.29 is 23.9 Å². The van der Waals surface area contributed by atoms with Gasteiger partial charge in [-0.2, -0.15) is 5.10 Å². The summed E-state index contributed by atoms with van der Waals surface area (Å²) in [6.07, 6.45) is 1.33. The van der Waals surface area contributed by atoms with Gasteiger partial charge in [-0.3, -0.25) is 14.4 Å². The van der Waals surface area contributed by atoms with Gasteiger partial charge in [0.25, 0.3) is 5.91 Å². The van der Waals surface area contributed by atoms with E-state index in [1.54, 1.807) is 48.5 Å². The van der Waals surface area contributed by atoms with Crippen molar-refractivity contribution in [2.24, 2.45) is 5.10 Å². The number of benzene rings is 3. The second-order valence-corrected chi connectivity index (χ2v) is 7.32.